The highest BCUT2D eigenvalue weighted by Gasteiger charge is 2.19. The maximum absolute atomic E-state index is 12.1. The highest BCUT2D eigenvalue weighted by atomic mass is 79.9. The number of nitrogens with zero attached hydrogens (tertiary/aromatic N) is 3. The molecule has 2 rings (SSSR count). The number of aryl methyl sites for hydroxylation is 1. The minimum Gasteiger partial charge on any atom is -0.324 e. The first kappa shape index (κ1) is 15.2. The maximum Gasteiger partial charge on any atom is 0.307 e. The molecule has 0 bridgehead atoms. The number of benzene rings is 1. The van der Waals surface area contributed by atoms with Crippen molar-refractivity contribution < 1.29 is 9.72 Å². The van der Waals surface area contributed by atoms with Gasteiger partial charge in [0.05, 0.1) is 4.92 Å². The summed E-state index contributed by atoms with van der Waals surface area (Å²) in [5.74, 6) is -0.297. The molecule has 1 N–H and O–H groups in total. The number of nitrogens with one attached hydrogen (secondary N) is 1. The Bertz CT molecular complexity index is 698. The van der Waals surface area contributed by atoms with Gasteiger partial charge in [-0.25, -0.2) is 0 Å². The van der Waals surface area contributed by atoms with Gasteiger partial charge in [0.25, 0.3) is 0 Å². The summed E-state index contributed by atoms with van der Waals surface area (Å²) in [4.78, 5) is 22.2. The van der Waals surface area contributed by atoms with Crippen LogP contribution in [-0.2, 0) is 4.79 Å². The minimum atomic E-state index is -0.650. The molecule has 0 aliphatic rings. The molecule has 1 aromatic heterocycles. The molecule has 1 amide bonds. The lowest BCUT2D eigenvalue weighted by Crippen LogP contribution is -2.24. The van der Waals surface area contributed by atoms with Crippen molar-refractivity contribution >= 4 is 33.2 Å². The van der Waals surface area contributed by atoms with Gasteiger partial charge in [-0.3, -0.25) is 19.6 Å². The van der Waals surface area contributed by atoms with E-state index in [9.17, 15) is 14.9 Å². The molecule has 8 heteroatoms. The van der Waals surface area contributed by atoms with Crippen LogP contribution in [0.15, 0.2) is 35.1 Å². The fraction of sp³-hybridized carbons (Fsp3) is 0.231. The third-order valence-electron chi connectivity index (χ3n) is 3.00. The molecule has 0 unspecified atom stereocenters. The Morgan fingerprint density at radius 2 is 2.24 bits per heavy atom. The molecule has 0 fully saturated rings. The zero-order valence-electron chi connectivity index (χ0n) is 11.4. The number of rotatable bonds is 4. The quantitative estimate of drug-likeness (QED) is 0.676. The molecule has 0 aliphatic carbocycles. The lowest BCUT2D eigenvalue weighted by molar-refractivity contribution is -0.385. The Hall–Kier alpha value is -2.22. The van der Waals surface area contributed by atoms with Crippen LogP contribution in [0.4, 0.5) is 11.4 Å². The predicted octanol–water partition coefficient (Wildman–Crippen LogP) is 3.06. The summed E-state index contributed by atoms with van der Waals surface area (Å²) in [6, 6.07) is 4.80. The third-order valence-corrected chi connectivity index (χ3v) is 3.89. The van der Waals surface area contributed by atoms with E-state index >= 15 is 0 Å². The van der Waals surface area contributed by atoms with Crippen molar-refractivity contribution in [1.29, 1.82) is 0 Å². The number of halogens is 1. The fourth-order valence-corrected chi connectivity index (χ4v) is 1.97. The lowest BCUT2D eigenvalue weighted by atomic mass is 10.2. The summed E-state index contributed by atoms with van der Waals surface area (Å²) in [6.45, 7) is 3.54. The standard InChI is InChI=1S/C13H13BrN4O3/c1-8-5-10(3-4-12(8)14)16-13(19)9(2)17-7-11(6-15-17)18(20)21/h3-7,9H,1-2H3,(H,16,19)/t9-/m1/s1. The van der Waals surface area contributed by atoms with Gasteiger partial charge in [-0.15, -0.1) is 0 Å². The van der Waals surface area contributed by atoms with Crippen molar-refractivity contribution in [3.63, 3.8) is 0 Å². The summed E-state index contributed by atoms with van der Waals surface area (Å²) in [5, 5.41) is 17.2. The number of anilines is 1. The molecule has 0 saturated carbocycles. The van der Waals surface area contributed by atoms with Gasteiger partial charge in [-0.05, 0) is 37.6 Å². The van der Waals surface area contributed by atoms with E-state index in [4.69, 9.17) is 0 Å². The van der Waals surface area contributed by atoms with E-state index < -0.39 is 11.0 Å². The Labute approximate surface area is 129 Å². The highest BCUT2D eigenvalue weighted by Crippen LogP contribution is 2.21. The Kier molecular flexibility index (Phi) is 4.37. The zero-order chi connectivity index (χ0) is 15.6. The van der Waals surface area contributed by atoms with Crippen molar-refractivity contribution in [2.24, 2.45) is 0 Å². The Balaban J connectivity index is 2.11. The number of nitro groups is 1. The van der Waals surface area contributed by atoms with Crippen LogP contribution in [-0.4, -0.2) is 20.6 Å². The second kappa shape index (κ2) is 6.04. The van der Waals surface area contributed by atoms with Crippen molar-refractivity contribution in [2.75, 3.05) is 5.32 Å². The molecule has 0 radical (unpaired) electrons. The Morgan fingerprint density at radius 3 is 2.81 bits per heavy atom. The van der Waals surface area contributed by atoms with E-state index in [1.807, 2.05) is 19.1 Å². The molecule has 1 heterocycles. The SMILES string of the molecule is Cc1cc(NC(=O)[C@@H](C)n2cc([N+](=O)[O-])cn2)ccc1Br. The largest absolute Gasteiger partial charge is 0.324 e. The zero-order valence-corrected chi connectivity index (χ0v) is 13.0. The van der Waals surface area contributed by atoms with Crippen molar-refractivity contribution in [1.82, 2.24) is 9.78 Å². The maximum atomic E-state index is 12.1. The number of hydrogen-bond donors (Lipinski definition) is 1. The molecule has 7 nitrogen and oxygen atoms in total. The van der Waals surface area contributed by atoms with E-state index in [1.165, 1.54) is 10.9 Å². The topological polar surface area (TPSA) is 90.1 Å². The monoisotopic (exact) mass is 352 g/mol. The number of carbonyl (C=O) groups is 1. The summed E-state index contributed by atoms with van der Waals surface area (Å²) in [6.07, 6.45) is 2.35. The molecule has 110 valence electrons. The van der Waals surface area contributed by atoms with Gasteiger partial charge in [0.1, 0.15) is 18.4 Å². The molecule has 0 spiro atoms. The molecule has 1 atom stereocenters. The minimum absolute atomic E-state index is 0.144. The van der Waals surface area contributed by atoms with Crippen LogP contribution in [0.5, 0.6) is 0 Å². The molecule has 21 heavy (non-hydrogen) atoms. The van der Waals surface area contributed by atoms with Gasteiger partial charge in [-0.1, -0.05) is 15.9 Å². The summed E-state index contributed by atoms with van der Waals surface area (Å²) >= 11 is 3.39. The smallest absolute Gasteiger partial charge is 0.307 e. The van der Waals surface area contributed by atoms with Gasteiger partial charge in [0.2, 0.25) is 5.91 Å². The molecule has 0 aliphatic heterocycles. The van der Waals surface area contributed by atoms with E-state index in [0.717, 1.165) is 16.2 Å². The van der Waals surface area contributed by atoms with Crippen molar-refractivity contribution in [3.05, 3.63) is 50.7 Å². The number of carbonyl (C=O) groups excluding carboxylic acids is 1. The van der Waals surface area contributed by atoms with Crippen LogP contribution in [0.2, 0.25) is 0 Å². The summed E-state index contributed by atoms with van der Waals surface area (Å²) in [5.41, 5.74) is 1.51. The summed E-state index contributed by atoms with van der Waals surface area (Å²) in [7, 11) is 0. The lowest BCUT2D eigenvalue weighted by Gasteiger charge is -2.13. The predicted molar refractivity (Wildman–Crippen MR) is 81.1 cm³/mol. The van der Waals surface area contributed by atoms with Crippen LogP contribution < -0.4 is 5.32 Å². The van der Waals surface area contributed by atoms with E-state index in [1.54, 1.807) is 13.0 Å². The number of hydrogen-bond acceptors (Lipinski definition) is 4. The van der Waals surface area contributed by atoms with Gasteiger partial charge < -0.3 is 5.32 Å². The first-order valence-corrected chi connectivity index (χ1v) is 6.93. The van der Waals surface area contributed by atoms with Crippen molar-refractivity contribution in [3.8, 4) is 0 Å². The summed E-state index contributed by atoms with van der Waals surface area (Å²) < 4.78 is 2.22. The van der Waals surface area contributed by atoms with E-state index in [2.05, 4.69) is 26.3 Å². The van der Waals surface area contributed by atoms with Crippen LogP contribution in [0.3, 0.4) is 0 Å². The number of amides is 1. The van der Waals surface area contributed by atoms with Crippen LogP contribution in [0.1, 0.15) is 18.5 Å². The fourth-order valence-electron chi connectivity index (χ4n) is 1.72. The first-order chi connectivity index (χ1) is 9.88. The average Bonchev–Trinajstić information content (AvgIpc) is 2.92. The van der Waals surface area contributed by atoms with Crippen molar-refractivity contribution in [2.45, 2.75) is 19.9 Å². The van der Waals surface area contributed by atoms with E-state index in [-0.39, 0.29) is 11.6 Å². The van der Waals surface area contributed by atoms with Gasteiger partial charge in [0.15, 0.2) is 0 Å². The van der Waals surface area contributed by atoms with Crippen LogP contribution >= 0.6 is 15.9 Å². The number of aromatic nitrogens is 2. The Morgan fingerprint density at radius 1 is 1.52 bits per heavy atom. The molecule has 0 saturated heterocycles. The second-order valence-electron chi connectivity index (χ2n) is 4.56. The van der Waals surface area contributed by atoms with Crippen LogP contribution in [0.25, 0.3) is 0 Å². The third kappa shape index (κ3) is 3.46. The van der Waals surface area contributed by atoms with E-state index in [0.29, 0.717) is 5.69 Å². The van der Waals surface area contributed by atoms with Crippen LogP contribution in [0, 0.1) is 17.0 Å². The normalized spacial score (nSPS) is 12.0. The van der Waals surface area contributed by atoms with Gasteiger partial charge in [-0.2, -0.15) is 5.10 Å². The molecule has 1 aromatic carbocycles. The second-order valence-corrected chi connectivity index (χ2v) is 5.42. The molecular weight excluding hydrogens is 340 g/mol. The average molecular weight is 353 g/mol. The molecule has 2 aromatic rings. The molecular formula is C13H13BrN4O3. The van der Waals surface area contributed by atoms with Gasteiger partial charge in [0, 0.05) is 10.2 Å². The van der Waals surface area contributed by atoms with Gasteiger partial charge >= 0.3 is 5.69 Å². The highest BCUT2D eigenvalue weighted by molar-refractivity contribution is 9.10. The first-order valence-electron chi connectivity index (χ1n) is 6.14.